The Kier molecular flexibility index (Phi) is 10.6. The van der Waals surface area contributed by atoms with Gasteiger partial charge in [0.2, 0.25) is 0 Å². The smallest absolute Gasteiger partial charge is 1.00 e. The minimum Gasteiger partial charge on any atom is -1.00 e. The SMILES string of the molecule is CC[Si]1([c-]2ccc3ccccc32)CCC1.[C-]1=CC=CC1.[Cl-].[Cl-].[Ti+4]. The molecule has 2 aliphatic rings. The van der Waals surface area contributed by atoms with E-state index in [-0.39, 0.29) is 46.5 Å². The molecule has 0 nitrogen and oxygen atoms in total. The second-order valence-corrected chi connectivity index (χ2v) is 10.6. The van der Waals surface area contributed by atoms with Crippen LogP contribution in [0.15, 0.2) is 54.6 Å². The van der Waals surface area contributed by atoms with E-state index in [1.54, 1.807) is 10.6 Å². The van der Waals surface area contributed by atoms with E-state index in [0.717, 1.165) is 6.42 Å². The number of hydrogen-bond donors (Lipinski definition) is 0. The molecule has 0 unspecified atom stereocenters. The Labute approximate surface area is 168 Å². The number of allylic oxidation sites excluding steroid dienone is 4. The third kappa shape index (κ3) is 4.90. The van der Waals surface area contributed by atoms with Crippen LogP contribution in [0.1, 0.15) is 19.8 Å². The van der Waals surface area contributed by atoms with Crippen molar-refractivity contribution < 1.29 is 46.5 Å². The third-order valence-electron chi connectivity index (χ3n) is 4.83. The summed E-state index contributed by atoms with van der Waals surface area (Å²) in [6.07, 6.45) is 11.5. The largest absolute Gasteiger partial charge is 4.00 e. The van der Waals surface area contributed by atoms with Gasteiger partial charge in [0.25, 0.3) is 0 Å². The van der Waals surface area contributed by atoms with Gasteiger partial charge in [0, 0.05) is 8.07 Å². The van der Waals surface area contributed by atoms with Crippen LogP contribution in [0, 0.1) is 6.08 Å². The number of benzene rings is 1. The number of rotatable bonds is 2. The normalized spacial score (nSPS) is 16.2. The van der Waals surface area contributed by atoms with Crippen LogP contribution in [-0.4, -0.2) is 8.07 Å². The molecule has 0 N–H and O–H groups in total. The van der Waals surface area contributed by atoms with E-state index in [9.17, 15) is 0 Å². The molecule has 0 amide bonds. The predicted molar refractivity (Wildman–Crippen MR) is 91.2 cm³/mol. The quantitative estimate of drug-likeness (QED) is 0.449. The minimum atomic E-state index is -1.01. The topological polar surface area (TPSA) is 0 Å². The zero-order chi connectivity index (χ0) is 13.8. The average Bonchev–Trinajstić information content (AvgIpc) is 3.11. The van der Waals surface area contributed by atoms with Crippen LogP contribution in [-0.2, 0) is 21.7 Å². The molecule has 0 spiro atoms. The van der Waals surface area contributed by atoms with Crippen molar-refractivity contribution in [1.82, 2.24) is 0 Å². The van der Waals surface area contributed by atoms with Crippen molar-refractivity contribution in [3.05, 3.63) is 60.7 Å². The Bertz CT molecular complexity index is 626. The van der Waals surface area contributed by atoms with Gasteiger partial charge in [-0.15, -0.1) is 40.6 Å². The first-order chi connectivity index (χ1) is 9.86. The van der Waals surface area contributed by atoms with Crippen LogP contribution in [0.5, 0.6) is 0 Å². The molecule has 1 heterocycles. The minimum absolute atomic E-state index is 0. The maximum atomic E-state index is 2.99. The summed E-state index contributed by atoms with van der Waals surface area (Å²) in [6, 6.07) is 18.1. The summed E-state index contributed by atoms with van der Waals surface area (Å²) >= 11 is 0. The number of hydrogen-bond acceptors (Lipinski definition) is 0. The van der Waals surface area contributed by atoms with Crippen LogP contribution in [0.4, 0.5) is 0 Å². The zero-order valence-corrected chi connectivity index (χ0v) is 17.6. The standard InChI is InChI=1S/C14H17Si.C5H5.2ClH.Ti/c1-2-15(10-5-11-15)14-9-8-12-6-3-4-7-13(12)14;1-2-4-5-3-1;;;/h3-4,6-9H,2,5,10-11H2,1H3;1-3H,4H2;2*1H;/q2*-1;;;+4/p-2. The van der Waals surface area contributed by atoms with E-state index in [2.05, 4.69) is 55.5 Å². The van der Waals surface area contributed by atoms with Crippen LogP contribution < -0.4 is 30.0 Å². The van der Waals surface area contributed by atoms with Crippen LogP contribution >= 0.6 is 0 Å². The van der Waals surface area contributed by atoms with E-state index in [0.29, 0.717) is 0 Å². The Morgan fingerprint density at radius 1 is 1.13 bits per heavy atom. The van der Waals surface area contributed by atoms with Crippen molar-refractivity contribution in [2.24, 2.45) is 0 Å². The van der Waals surface area contributed by atoms with Crippen molar-refractivity contribution in [1.29, 1.82) is 0 Å². The number of fused-ring (bicyclic) bond motifs is 1. The van der Waals surface area contributed by atoms with Gasteiger partial charge in [-0.3, -0.25) is 6.08 Å². The van der Waals surface area contributed by atoms with E-state index < -0.39 is 8.07 Å². The molecule has 120 valence electrons. The molecule has 1 aliphatic carbocycles. The van der Waals surface area contributed by atoms with Gasteiger partial charge in [-0.1, -0.05) is 37.5 Å². The van der Waals surface area contributed by atoms with Gasteiger partial charge >= 0.3 is 21.7 Å². The van der Waals surface area contributed by atoms with Crippen molar-refractivity contribution in [3.8, 4) is 0 Å². The van der Waals surface area contributed by atoms with E-state index in [1.165, 1.54) is 29.9 Å². The van der Waals surface area contributed by atoms with E-state index >= 15 is 0 Å². The molecule has 0 aromatic heterocycles. The molecule has 0 radical (unpaired) electrons. The summed E-state index contributed by atoms with van der Waals surface area (Å²) < 4.78 is 0. The number of halogens is 2. The first-order valence-corrected chi connectivity index (χ1v) is 10.3. The molecule has 0 saturated carbocycles. The molecule has 1 fully saturated rings. The van der Waals surface area contributed by atoms with Crippen molar-refractivity contribution >= 4 is 24.0 Å². The molecule has 1 aliphatic heterocycles. The van der Waals surface area contributed by atoms with Crippen molar-refractivity contribution in [2.45, 2.75) is 37.9 Å². The monoisotopic (exact) mass is 396 g/mol. The molecule has 1 saturated heterocycles. The van der Waals surface area contributed by atoms with Gasteiger partial charge in [0.05, 0.1) is 0 Å². The van der Waals surface area contributed by atoms with Crippen molar-refractivity contribution in [2.75, 3.05) is 0 Å². The Morgan fingerprint density at radius 3 is 2.35 bits per heavy atom. The van der Waals surface area contributed by atoms with Crippen LogP contribution in [0.3, 0.4) is 0 Å². The first kappa shape index (κ1) is 22.8. The van der Waals surface area contributed by atoms with Gasteiger partial charge in [-0.2, -0.15) is 18.2 Å². The fourth-order valence-corrected chi connectivity index (χ4v) is 7.44. The molecule has 23 heavy (non-hydrogen) atoms. The zero-order valence-electron chi connectivity index (χ0n) is 13.5. The predicted octanol–water partition coefficient (Wildman–Crippen LogP) is -1.05. The van der Waals surface area contributed by atoms with Gasteiger partial charge in [0.15, 0.2) is 0 Å². The molecule has 4 heteroatoms. The molecule has 4 rings (SSSR count). The second kappa shape index (κ2) is 10.6. The van der Waals surface area contributed by atoms with E-state index in [1.807, 2.05) is 12.2 Å². The average molecular weight is 397 g/mol. The van der Waals surface area contributed by atoms with Crippen LogP contribution in [0.2, 0.25) is 18.1 Å². The Hall–Kier alpha value is -0.179. The summed E-state index contributed by atoms with van der Waals surface area (Å²) in [6.45, 7) is 2.40. The summed E-state index contributed by atoms with van der Waals surface area (Å²) in [5.74, 6) is 0. The fourth-order valence-electron chi connectivity index (χ4n) is 3.37. The van der Waals surface area contributed by atoms with Gasteiger partial charge in [0.1, 0.15) is 0 Å². The van der Waals surface area contributed by atoms with Gasteiger partial charge in [-0.05, 0) is 0 Å². The summed E-state index contributed by atoms with van der Waals surface area (Å²) in [4.78, 5) is 0. The first-order valence-electron chi connectivity index (χ1n) is 7.72. The molecule has 2 aromatic carbocycles. The van der Waals surface area contributed by atoms with Gasteiger partial charge < -0.3 is 24.8 Å². The Morgan fingerprint density at radius 2 is 1.87 bits per heavy atom. The van der Waals surface area contributed by atoms with Gasteiger partial charge in [-0.25, -0.2) is 12.2 Å². The van der Waals surface area contributed by atoms with E-state index in [4.69, 9.17) is 0 Å². The molecular formula is C19H22Cl2SiTi. The fraction of sp³-hybridized carbons (Fsp3) is 0.316. The Balaban J connectivity index is 0.000000529. The second-order valence-electron chi connectivity index (χ2n) is 5.82. The maximum absolute atomic E-state index is 2.99. The van der Waals surface area contributed by atoms with Crippen molar-refractivity contribution in [3.63, 3.8) is 0 Å². The van der Waals surface area contributed by atoms with Crippen LogP contribution in [0.25, 0.3) is 10.8 Å². The summed E-state index contributed by atoms with van der Waals surface area (Å²) in [5, 5.41) is 4.73. The molecule has 2 aromatic rings. The summed E-state index contributed by atoms with van der Waals surface area (Å²) in [5.41, 5.74) is 0. The molecule has 0 atom stereocenters. The third-order valence-corrected chi connectivity index (χ3v) is 10.4. The molecule has 0 bridgehead atoms. The maximum Gasteiger partial charge on any atom is 4.00 e. The molecular weight excluding hydrogens is 375 g/mol. The summed E-state index contributed by atoms with van der Waals surface area (Å²) in [7, 11) is -1.01.